The molecule has 18 heavy (non-hydrogen) atoms. The van der Waals surface area contributed by atoms with Crippen molar-refractivity contribution in [3.63, 3.8) is 0 Å². The molecule has 0 amide bonds. The number of aliphatic carboxylic acids is 1. The lowest BCUT2D eigenvalue weighted by Gasteiger charge is -2.07. The van der Waals surface area contributed by atoms with Gasteiger partial charge in [-0.2, -0.15) is 0 Å². The lowest BCUT2D eigenvalue weighted by molar-refractivity contribution is -0.136. The largest absolute Gasteiger partial charge is 0.481 e. The van der Waals surface area contributed by atoms with Gasteiger partial charge in [-0.3, -0.25) is 4.79 Å². The lowest BCUT2D eigenvalue weighted by Crippen LogP contribution is -2.25. The van der Waals surface area contributed by atoms with Gasteiger partial charge < -0.3 is 5.11 Å². The smallest absolute Gasteiger partial charge is 0.307 e. The van der Waals surface area contributed by atoms with E-state index in [1.54, 1.807) is 6.92 Å². The van der Waals surface area contributed by atoms with Crippen LogP contribution < -0.4 is 4.72 Å². The maximum Gasteiger partial charge on any atom is 0.307 e. The predicted octanol–water partition coefficient (Wildman–Crippen LogP) is 1.17. The highest BCUT2D eigenvalue weighted by Gasteiger charge is 2.13. The fraction of sp³-hybridized carbons (Fsp3) is 0.250. The summed E-state index contributed by atoms with van der Waals surface area (Å²) in [6.45, 7) is 5.51. The molecule has 0 aliphatic heterocycles. The summed E-state index contributed by atoms with van der Waals surface area (Å²) in [7, 11) is -3.56. The topological polar surface area (TPSA) is 83.5 Å². The molecule has 0 fully saturated rings. The molecule has 0 aromatic heterocycles. The van der Waals surface area contributed by atoms with Gasteiger partial charge >= 0.3 is 5.97 Å². The molecule has 98 valence electrons. The first-order chi connectivity index (χ1) is 8.31. The number of sulfonamides is 1. The molecule has 0 saturated heterocycles. The molecule has 6 heteroatoms. The van der Waals surface area contributed by atoms with Crippen LogP contribution in [-0.4, -0.2) is 26.0 Å². The Morgan fingerprint density at radius 1 is 1.33 bits per heavy atom. The molecular weight excluding hydrogens is 254 g/mol. The van der Waals surface area contributed by atoms with Crippen LogP contribution in [0.1, 0.15) is 12.5 Å². The molecule has 5 nitrogen and oxygen atoms in total. The first-order valence-corrected chi connectivity index (χ1v) is 6.74. The molecule has 0 heterocycles. The number of carboxylic acids is 1. The summed E-state index contributed by atoms with van der Waals surface area (Å²) in [6.07, 6.45) is -0.125. The van der Waals surface area contributed by atoms with Crippen LogP contribution in [0, 0.1) is 0 Å². The number of nitrogens with one attached hydrogen (secondary N) is 1. The van der Waals surface area contributed by atoms with Crippen molar-refractivity contribution in [2.45, 2.75) is 18.2 Å². The molecule has 0 saturated carbocycles. The molecule has 0 aliphatic rings. The van der Waals surface area contributed by atoms with Crippen molar-refractivity contribution in [1.82, 2.24) is 4.72 Å². The van der Waals surface area contributed by atoms with E-state index in [-0.39, 0.29) is 17.9 Å². The third-order valence-corrected chi connectivity index (χ3v) is 3.57. The van der Waals surface area contributed by atoms with Gasteiger partial charge in [-0.05, 0) is 24.6 Å². The van der Waals surface area contributed by atoms with Gasteiger partial charge in [-0.25, -0.2) is 13.1 Å². The van der Waals surface area contributed by atoms with E-state index in [0.717, 1.165) is 0 Å². The number of rotatable bonds is 6. The Hall–Kier alpha value is -1.66. The fourth-order valence-corrected chi connectivity index (χ4v) is 2.36. The average Bonchev–Trinajstić information content (AvgIpc) is 2.26. The SMILES string of the molecule is C=C(C)CNS(=O)(=O)c1ccc(CC(=O)O)cc1. The van der Waals surface area contributed by atoms with E-state index in [1.165, 1.54) is 24.3 Å². The zero-order chi connectivity index (χ0) is 13.8. The van der Waals surface area contributed by atoms with Crippen molar-refractivity contribution in [2.75, 3.05) is 6.54 Å². The van der Waals surface area contributed by atoms with Crippen molar-refractivity contribution in [3.8, 4) is 0 Å². The third-order valence-electron chi connectivity index (χ3n) is 2.15. The standard InChI is InChI=1S/C12H15NO4S/c1-9(2)8-13-18(16,17)11-5-3-10(4-6-11)7-12(14)15/h3-6,13H,1,7-8H2,2H3,(H,14,15). The van der Waals surface area contributed by atoms with Gasteiger partial charge in [0.15, 0.2) is 0 Å². The molecule has 0 radical (unpaired) electrons. The van der Waals surface area contributed by atoms with Gasteiger partial charge in [0.1, 0.15) is 0 Å². The van der Waals surface area contributed by atoms with Gasteiger partial charge in [0.05, 0.1) is 11.3 Å². The molecule has 2 N–H and O–H groups in total. The summed E-state index contributed by atoms with van der Waals surface area (Å²) in [4.78, 5) is 10.6. The Bertz CT molecular complexity index is 546. The van der Waals surface area contributed by atoms with Crippen LogP contribution in [0.15, 0.2) is 41.3 Å². The van der Waals surface area contributed by atoms with Gasteiger partial charge in [0.2, 0.25) is 10.0 Å². The van der Waals surface area contributed by atoms with E-state index in [4.69, 9.17) is 5.11 Å². The van der Waals surface area contributed by atoms with Gasteiger partial charge in [0.25, 0.3) is 0 Å². The zero-order valence-corrected chi connectivity index (χ0v) is 10.8. The van der Waals surface area contributed by atoms with E-state index in [9.17, 15) is 13.2 Å². The number of benzene rings is 1. The van der Waals surface area contributed by atoms with Crippen LogP contribution in [0.5, 0.6) is 0 Å². The second-order valence-electron chi connectivity index (χ2n) is 4.00. The zero-order valence-electron chi connectivity index (χ0n) is 10.0. The highest BCUT2D eigenvalue weighted by atomic mass is 32.2. The first-order valence-electron chi connectivity index (χ1n) is 5.26. The Balaban J connectivity index is 2.84. The monoisotopic (exact) mass is 269 g/mol. The first kappa shape index (κ1) is 14.4. The Morgan fingerprint density at radius 3 is 2.33 bits per heavy atom. The van der Waals surface area contributed by atoms with E-state index in [2.05, 4.69) is 11.3 Å². The number of hydrogen-bond donors (Lipinski definition) is 2. The van der Waals surface area contributed by atoms with Crippen LogP contribution in [0.25, 0.3) is 0 Å². The van der Waals surface area contributed by atoms with Crippen molar-refractivity contribution in [1.29, 1.82) is 0 Å². The van der Waals surface area contributed by atoms with Gasteiger partial charge in [-0.15, -0.1) is 0 Å². The Labute approximate surface area is 106 Å². The molecule has 0 unspecified atom stereocenters. The lowest BCUT2D eigenvalue weighted by atomic mass is 10.2. The van der Waals surface area contributed by atoms with Crippen LogP contribution >= 0.6 is 0 Å². The van der Waals surface area contributed by atoms with Crippen molar-refractivity contribution in [2.24, 2.45) is 0 Å². The minimum absolute atomic E-state index is 0.109. The summed E-state index contributed by atoms with van der Waals surface area (Å²) in [5.74, 6) is -0.953. The van der Waals surface area contributed by atoms with Crippen molar-refractivity contribution in [3.05, 3.63) is 42.0 Å². The van der Waals surface area contributed by atoms with Crippen LogP contribution in [-0.2, 0) is 21.2 Å². The quantitative estimate of drug-likeness (QED) is 0.759. The Morgan fingerprint density at radius 2 is 1.89 bits per heavy atom. The molecule has 0 aliphatic carbocycles. The van der Waals surface area contributed by atoms with Crippen LogP contribution in [0.3, 0.4) is 0 Å². The van der Waals surface area contributed by atoms with E-state index in [1.807, 2.05) is 0 Å². The average molecular weight is 269 g/mol. The van der Waals surface area contributed by atoms with E-state index >= 15 is 0 Å². The maximum absolute atomic E-state index is 11.8. The summed E-state index contributed by atoms with van der Waals surface area (Å²) in [5, 5.41) is 8.60. The normalized spacial score (nSPS) is 11.2. The van der Waals surface area contributed by atoms with E-state index < -0.39 is 16.0 Å². The fourth-order valence-electron chi connectivity index (χ4n) is 1.26. The minimum Gasteiger partial charge on any atom is -0.481 e. The molecular formula is C12H15NO4S. The van der Waals surface area contributed by atoms with Gasteiger partial charge in [-0.1, -0.05) is 24.3 Å². The minimum atomic E-state index is -3.56. The van der Waals surface area contributed by atoms with E-state index in [0.29, 0.717) is 11.1 Å². The van der Waals surface area contributed by atoms with Crippen molar-refractivity contribution < 1.29 is 18.3 Å². The van der Waals surface area contributed by atoms with Crippen LogP contribution in [0.4, 0.5) is 0 Å². The summed E-state index contributed by atoms with van der Waals surface area (Å²) in [6, 6.07) is 5.75. The molecule has 0 atom stereocenters. The summed E-state index contributed by atoms with van der Waals surface area (Å²) >= 11 is 0. The predicted molar refractivity (Wildman–Crippen MR) is 67.8 cm³/mol. The Kier molecular flexibility index (Phi) is 4.63. The highest BCUT2D eigenvalue weighted by molar-refractivity contribution is 7.89. The number of carboxylic acid groups (broad SMARTS) is 1. The maximum atomic E-state index is 11.8. The van der Waals surface area contributed by atoms with Crippen LogP contribution in [0.2, 0.25) is 0 Å². The molecule has 1 aromatic carbocycles. The second kappa shape index (κ2) is 5.79. The summed E-state index contributed by atoms with van der Waals surface area (Å²) < 4.78 is 26.0. The van der Waals surface area contributed by atoms with Crippen molar-refractivity contribution >= 4 is 16.0 Å². The molecule has 0 bridgehead atoms. The second-order valence-corrected chi connectivity index (χ2v) is 5.76. The molecule has 1 aromatic rings. The number of hydrogen-bond acceptors (Lipinski definition) is 3. The molecule has 1 rings (SSSR count). The third kappa shape index (κ3) is 4.31. The highest BCUT2D eigenvalue weighted by Crippen LogP contribution is 2.11. The molecule has 0 spiro atoms. The van der Waals surface area contributed by atoms with Gasteiger partial charge in [0, 0.05) is 6.54 Å². The number of carbonyl (C=O) groups is 1. The summed E-state index contributed by atoms with van der Waals surface area (Å²) in [5.41, 5.74) is 1.27.